The third kappa shape index (κ3) is 9.39. The number of hydrogen-bond donors (Lipinski definition) is 3. The van der Waals surface area contributed by atoms with Gasteiger partial charge in [0.15, 0.2) is 0 Å². The van der Waals surface area contributed by atoms with E-state index >= 15 is 0 Å². The zero-order valence-electron chi connectivity index (χ0n) is 29.1. The van der Waals surface area contributed by atoms with E-state index in [4.69, 9.17) is 15.1 Å². The van der Waals surface area contributed by atoms with E-state index in [1.54, 1.807) is 48.5 Å². The van der Waals surface area contributed by atoms with Crippen molar-refractivity contribution in [3.63, 3.8) is 0 Å². The highest BCUT2D eigenvalue weighted by Gasteiger charge is 2.27. The second kappa shape index (κ2) is 16.3. The molecular formula is C40H44N4O6S2. The van der Waals surface area contributed by atoms with Gasteiger partial charge in [0.1, 0.15) is 5.75 Å². The lowest BCUT2D eigenvalue weighted by molar-refractivity contribution is 0.256. The molecule has 2 amide bonds. The number of sulfonamides is 2. The van der Waals surface area contributed by atoms with Crippen LogP contribution in [-0.4, -0.2) is 22.9 Å². The van der Waals surface area contributed by atoms with Crippen molar-refractivity contribution in [1.29, 1.82) is 5.26 Å². The Morgan fingerprint density at radius 2 is 1.08 bits per heavy atom. The van der Waals surface area contributed by atoms with Crippen LogP contribution in [0.4, 0.5) is 10.5 Å². The van der Waals surface area contributed by atoms with Gasteiger partial charge in [-0.15, -0.1) is 5.26 Å². The highest BCUT2D eigenvalue weighted by Crippen LogP contribution is 2.40. The second-order valence-electron chi connectivity index (χ2n) is 13.7. The summed E-state index contributed by atoms with van der Waals surface area (Å²) in [4.78, 5) is 12.4. The number of nitrogens with zero attached hydrogens (tertiary/aromatic N) is 1. The number of carbonyl (C=O) groups is 1. The lowest BCUT2D eigenvalue weighted by Crippen LogP contribution is -2.35. The van der Waals surface area contributed by atoms with Gasteiger partial charge in [0.2, 0.25) is 20.0 Å². The minimum absolute atomic E-state index is 0.0894. The molecule has 0 spiro atoms. The summed E-state index contributed by atoms with van der Waals surface area (Å²) < 4.78 is 53.1. The number of benzene rings is 4. The topological polar surface area (TPSA) is 168 Å². The van der Waals surface area contributed by atoms with Gasteiger partial charge in [-0.2, -0.15) is 0 Å². The van der Waals surface area contributed by atoms with Gasteiger partial charge < -0.3 is 10.1 Å². The molecule has 0 radical (unpaired) electrons. The van der Waals surface area contributed by atoms with E-state index in [9.17, 15) is 21.6 Å². The molecule has 4 aliphatic carbocycles. The zero-order chi connectivity index (χ0) is 36.7. The smallest absolute Gasteiger partial charge is 0.332 e. The van der Waals surface area contributed by atoms with Crippen LogP contribution in [0.1, 0.15) is 81.3 Å². The third-order valence-corrected chi connectivity index (χ3v) is 11.9. The molecule has 272 valence electrons. The predicted octanol–water partition coefficient (Wildman–Crippen LogP) is 6.31. The standard InChI is InChI=1S/C20H22N2O3S.C13H13NO.C7H9NO2S/c23-20(22-26(24,25)13-14-6-2-1-3-7-14)21-19-17-10-4-8-15(17)12-16-9-5-11-18(16)19;14-8-15-13-11-5-1-3-9(11)7-10-4-2-6-12(10)13;8-11(9,10)6-7-4-2-1-3-5-7/h1-3,6-7,12H,4-5,8-11,13H2,(H2,21,22,23);7H,1-6H2;1-5H,6H2,(H2,8,9,10). The number of primary sulfonamides is 1. The van der Waals surface area contributed by atoms with E-state index in [0.717, 1.165) is 81.2 Å². The van der Waals surface area contributed by atoms with Gasteiger partial charge in [-0.05, 0) is 133 Å². The molecule has 0 heterocycles. The van der Waals surface area contributed by atoms with E-state index in [2.05, 4.69) is 22.2 Å². The van der Waals surface area contributed by atoms with Gasteiger partial charge in [-0.25, -0.2) is 31.5 Å². The van der Waals surface area contributed by atoms with Gasteiger partial charge in [-0.3, -0.25) is 0 Å². The predicted molar refractivity (Wildman–Crippen MR) is 202 cm³/mol. The van der Waals surface area contributed by atoms with Gasteiger partial charge in [0.05, 0.1) is 11.5 Å². The average molecular weight is 741 g/mol. The van der Waals surface area contributed by atoms with Crippen molar-refractivity contribution in [2.45, 2.75) is 88.6 Å². The summed E-state index contributed by atoms with van der Waals surface area (Å²) in [5.74, 6) is 0.597. The van der Waals surface area contributed by atoms with Crippen molar-refractivity contribution in [3.8, 4) is 12.0 Å². The Hall–Kier alpha value is -4.70. The van der Waals surface area contributed by atoms with E-state index in [0.29, 0.717) is 5.56 Å². The minimum atomic E-state index is -3.74. The van der Waals surface area contributed by atoms with Crippen molar-refractivity contribution < 1.29 is 26.4 Å². The van der Waals surface area contributed by atoms with Crippen LogP contribution in [0.2, 0.25) is 0 Å². The fourth-order valence-corrected chi connectivity index (χ4v) is 9.51. The average Bonchev–Trinajstić information content (AvgIpc) is 3.92. The van der Waals surface area contributed by atoms with Crippen LogP contribution in [0, 0.1) is 11.5 Å². The Kier molecular flexibility index (Phi) is 11.6. The van der Waals surface area contributed by atoms with Crippen LogP contribution in [0.3, 0.4) is 0 Å². The van der Waals surface area contributed by atoms with E-state index < -0.39 is 26.1 Å². The number of carbonyl (C=O) groups excluding carboxylic acids is 1. The lowest BCUT2D eigenvalue weighted by Gasteiger charge is -2.16. The first-order chi connectivity index (χ1) is 25.0. The molecule has 0 bridgehead atoms. The molecule has 0 atom stereocenters. The second-order valence-corrected chi connectivity index (χ2v) is 17.0. The number of urea groups is 1. The molecular weight excluding hydrogens is 697 g/mol. The number of anilines is 1. The summed E-state index contributed by atoms with van der Waals surface area (Å²) in [7, 11) is -7.12. The fraction of sp³-hybridized carbons (Fsp3) is 0.350. The van der Waals surface area contributed by atoms with E-state index in [-0.39, 0.29) is 11.5 Å². The molecule has 12 heteroatoms. The first kappa shape index (κ1) is 37.1. The van der Waals surface area contributed by atoms with Crippen molar-refractivity contribution >= 4 is 31.8 Å². The number of amides is 2. The summed E-state index contributed by atoms with van der Waals surface area (Å²) in [5.41, 5.74) is 12.6. The first-order valence-electron chi connectivity index (χ1n) is 17.8. The highest BCUT2D eigenvalue weighted by atomic mass is 32.2. The molecule has 4 aliphatic rings. The van der Waals surface area contributed by atoms with Gasteiger partial charge in [0.25, 0.3) is 6.26 Å². The summed E-state index contributed by atoms with van der Waals surface area (Å²) in [5, 5.41) is 16.4. The maximum absolute atomic E-state index is 12.4. The van der Waals surface area contributed by atoms with Gasteiger partial charge in [-0.1, -0.05) is 72.8 Å². The molecule has 0 aromatic heterocycles. The Bertz CT molecular complexity index is 2140. The molecule has 0 saturated heterocycles. The highest BCUT2D eigenvalue weighted by molar-refractivity contribution is 7.89. The van der Waals surface area contributed by atoms with Crippen molar-refractivity contribution in [2.24, 2.45) is 5.14 Å². The molecule has 4 aromatic carbocycles. The largest absolute Gasteiger partial charge is 0.387 e. The molecule has 52 heavy (non-hydrogen) atoms. The SMILES string of the molecule is N#COc1c2c(cc3c1CCC3)CCC2.NS(=O)(=O)Cc1ccccc1.O=C(Nc1c2c(cc3c1CCC3)CCC2)NS(=O)(=O)Cc1ccccc1. The first-order valence-corrected chi connectivity index (χ1v) is 21.1. The lowest BCUT2D eigenvalue weighted by atomic mass is 9.99. The van der Waals surface area contributed by atoms with Crippen LogP contribution in [0.25, 0.3) is 0 Å². The Labute approximate surface area is 306 Å². The van der Waals surface area contributed by atoms with E-state index in [1.807, 2.05) is 18.4 Å². The number of nitriles is 1. The normalized spacial score (nSPS) is 15.0. The van der Waals surface area contributed by atoms with Crippen molar-refractivity contribution in [1.82, 2.24) is 4.72 Å². The maximum atomic E-state index is 12.4. The molecule has 0 aliphatic heterocycles. The van der Waals surface area contributed by atoms with Crippen LogP contribution in [-0.2, 0) is 82.9 Å². The van der Waals surface area contributed by atoms with Crippen LogP contribution in [0.15, 0.2) is 72.8 Å². The molecule has 10 nitrogen and oxygen atoms in total. The number of nitrogens with one attached hydrogen (secondary N) is 2. The molecule has 8 rings (SSSR count). The number of aryl methyl sites for hydroxylation is 4. The van der Waals surface area contributed by atoms with Crippen molar-refractivity contribution in [2.75, 3.05) is 5.32 Å². The van der Waals surface area contributed by atoms with Gasteiger partial charge in [0, 0.05) is 5.69 Å². The number of hydrogen-bond acceptors (Lipinski definition) is 7. The summed E-state index contributed by atoms with van der Waals surface area (Å²) in [6, 6.07) is 21.6. The summed E-state index contributed by atoms with van der Waals surface area (Å²) >= 11 is 0. The van der Waals surface area contributed by atoms with Crippen molar-refractivity contribution in [3.05, 3.63) is 128 Å². The molecule has 0 unspecified atom stereocenters. The number of ether oxygens (including phenoxy) is 1. The number of rotatable bonds is 7. The van der Waals surface area contributed by atoms with Gasteiger partial charge >= 0.3 is 6.03 Å². The Balaban J connectivity index is 0.000000150. The molecule has 4 aromatic rings. The monoisotopic (exact) mass is 740 g/mol. The molecule has 4 N–H and O–H groups in total. The summed E-state index contributed by atoms with van der Waals surface area (Å²) in [6.07, 6.45) is 14.9. The minimum Gasteiger partial charge on any atom is -0.387 e. The van der Waals surface area contributed by atoms with E-state index in [1.165, 1.54) is 57.3 Å². The quantitative estimate of drug-likeness (QED) is 0.187. The Morgan fingerprint density at radius 3 is 1.52 bits per heavy atom. The third-order valence-electron chi connectivity index (χ3n) is 9.94. The van der Waals surface area contributed by atoms with Crippen LogP contribution < -0.4 is 19.9 Å². The Morgan fingerprint density at radius 1 is 0.654 bits per heavy atom. The molecule has 0 fully saturated rings. The zero-order valence-corrected chi connectivity index (χ0v) is 30.8. The number of nitrogens with two attached hydrogens (primary N) is 1. The number of fused-ring (bicyclic) bond motifs is 4. The van der Waals surface area contributed by atoms with Crippen LogP contribution >= 0.6 is 0 Å². The maximum Gasteiger partial charge on any atom is 0.332 e. The van der Waals surface area contributed by atoms with Crippen LogP contribution in [0.5, 0.6) is 5.75 Å². The fourth-order valence-electron chi connectivity index (χ4n) is 7.82. The summed E-state index contributed by atoms with van der Waals surface area (Å²) in [6.45, 7) is 0. The molecule has 0 saturated carbocycles.